The third-order valence-corrected chi connectivity index (χ3v) is 1.36. The minimum atomic E-state index is -0.879. The quantitative estimate of drug-likeness (QED) is 0.577. The number of ether oxygens (including phenoxy) is 1. The Balaban J connectivity index is 4.12. The zero-order valence-electron chi connectivity index (χ0n) is 5.79. The van der Waals surface area contributed by atoms with Gasteiger partial charge in [0.05, 0.1) is 16.6 Å². The number of hydrogen-bond donors (Lipinski definition) is 1. The molecule has 10 heavy (non-hydrogen) atoms. The highest BCUT2D eigenvalue weighted by molar-refractivity contribution is 7.65. The van der Waals surface area contributed by atoms with Crippen molar-refractivity contribution in [2.24, 2.45) is 5.73 Å². The van der Waals surface area contributed by atoms with Crippen LogP contribution in [0.2, 0.25) is 0 Å². The number of carbonyl (C=O) groups excluding carboxylic acids is 1. The Hall–Kier alpha value is -0.840. The topological polar surface area (TPSA) is 69.4 Å². The Morgan fingerprint density at radius 1 is 1.70 bits per heavy atom. The highest BCUT2D eigenvalue weighted by atomic mass is 32.1. The zero-order chi connectivity index (χ0) is 8.20. The summed E-state index contributed by atoms with van der Waals surface area (Å²) in [6.45, 7) is 3.14. The molecule has 0 heterocycles. The lowest BCUT2D eigenvalue weighted by Crippen LogP contribution is -2.32. The summed E-state index contributed by atoms with van der Waals surface area (Å²) in [6, 6.07) is 0. The normalized spacial score (nSPS) is 10.2. The molecule has 58 valence electrons. The van der Waals surface area contributed by atoms with E-state index in [9.17, 15) is 9.00 Å². The number of carbonyl (C=O) groups is 1. The van der Waals surface area contributed by atoms with Gasteiger partial charge < -0.3 is 10.5 Å². The second-order valence-corrected chi connectivity index (χ2v) is 2.67. The van der Waals surface area contributed by atoms with Gasteiger partial charge in [0, 0.05) is 0 Å². The van der Waals surface area contributed by atoms with Gasteiger partial charge in [0.2, 0.25) is 0 Å². The minimum Gasteiger partial charge on any atom is -0.438 e. The Bertz CT molecular complexity index is 183. The molecule has 4 nitrogen and oxygen atoms in total. The molecule has 0 aromatic heterocycles. The number of amides is 1. The molecule has 0 rings (SSSR count). The van der Waals surface area contributed by atoms with Crippen molar-refractivity contribution >= 4 is 22.7 Å². The Morgan fingerprint density at radius 2 is 2.20 bits per heavy atom. The average molecular weight is 163 g/mol. The van der Waals surface area contributed by atoms with Gasteiger partial charge in [-0.15, -0.1) is 0 Å². The zero-order valence-corrected chi connectivity index (χ0v) is 6.60. The molecule has 1 amide bonds. The number of rotatable bonds is 2. The SMILES string of the molecule is CC(C)(C=S=O)OC(N)=O. The third-order valence-electron chi connectivity index (χ3n) is 0.696. The third kappa shape index (κ3) is 4.08. The fraction of sp³-hybridized carbons (Fsp3) is 0.600. The average Bonchev–Trinajstić information content (AvgIpc) is 1.59. The van der Waals surface area contributed by atoms with Crippen LogP contribution in [-0.4, -0.2) is 21.3 Å². The van der Waals surface area contributed by atoms with Crippen LogP contribution in [0.15, 0.2) is 0 Å². The lowest BCUT2D eigenvalue weighted by molar-refractivity contribution is 0.0969. The predicted octanol–water partition coefficient (Wildman–Crippen LogP) is -0.124. The van der Waals surface area contributed by atoms with Crippen LogP contribution in [0.4, 0.5) is 4.79 Å². The van der Waals surface area contributed by atoms with Gasteiger partial charge in [-0.25, -0.2) is 9.00 Å². The van der Waals surface area contributed by atoms with Gasteiger partial charge in [0.1, 0.15) is 5.60 Å². The first-order valence-electron chi connectivity index (χ1n) is 2.59. The molecule has 0 spiro atoms. The van der Waals surface area contributed by atoms with Gasteiger partial charge in [-0.3, -0.25) is 0 Å². The minimum absolute atomic E-state index is 0.243. The first-order valence-corrected chi connectivity index (χ1v) is 3.40. The lowest BCUT2D eigenvalue weighted by Gasteiger charge is -2.16. The van der Waals surface area contributed by atoms with Crippen molar-refractivity contribution in [3.8, 4) is 0 Å². The lowest BCUT2D eigenvalue weighted by atomic mass is 10.2. The van der Waals surface area contributed by atoms with Crippen molar-refractivity contribution in [2.75, 3.05) is 0 Å². The molecule has 0 radical (unpaired) electrons. The standard InChI is InChI=1S/C5H9NO3S/c1-5(2,3-10-8)9-4(6)7/h3H,1-2H3,(H2,6,7). The van der Waals surface area contributed by atoms with Gasteiger partial charge in [-0.05, 0) is 13.8 Å². The molecule has 0 bridgehead atoms. The van der Waals surface area contributed by atoms with Crippen molar-refractivity contribution in [1.82, 2.24) is 0 Å². The Labute approximate surface area is 62.4 Å². The van der Waals surface area contributed by atoms with Crippen LogP contribution >= 0.6 is 0 Å². The molecule has 0 saturated heterocycles. The molecule has 0 atom stereocenters. The molecule has 0 aromatic carbocycles. The highest BCUT2D eigenvalue weighted by Crippen LogP contribution is 2.03. The van der Waals surface area contributed by atoms with E-state index in [2.05, 4.69) is 4.74 Å². The first-order chi connectivity index (χ1) is 4.48. The van der Waals surface area contributed by atoms with E-state index in [0.29, 0.717) is 0 Å². The summed E-state index contributed by atoms with van der Waals surface area (Å²) in [5, 5.41) is 1.25. The van der Waals surface area contributed by atoms with Crippen LogP contribution in [0.5, 0.6) is 0 Å². The summed E-state index contributed by atoms with van der Waals surface area (Å²) < 4.78 is 14.5. The van der Waals surface area contributed by atoms with Crippen molar-refractivity contribution in [3.05, 3.63) is 0 Å². The van der Waals surface area contributed by atoms with Crippen molar-refractivity contribution in [1.29, 1.82) is 0 Å². The van der Waals surface area contributed by atoms with Gasteiger partial charge in [0.25, 0.3) is 0 Å². The van der Waals surface area contributed by atoms with Crippen LogP contribution in [0.1, 0.15) is 13.8 Å². The molecule has 0 saturated carbocycles. The van der Waals surface area contributed by atoms with E-state index in [1.807, 2.05) is 0 Å². The molecule has 0 aliphatic rings. The van der Waals surface area contributed by atoms with E-state index in [1.165, 1.54) is 5.37 Å². The van der Waals surface area contributed by atoms with Crippen LogP contribution in [-0.2, 0) is 16.0 Å². The van der Waals surface area contributed by atoms with E-state index in [0.717, 1.165) is 0 Å². The highest BCUT2D eigenvalue weighted by Gasteiger charge is 2.17. The maximum Gasteiger partial charge on any atom is 0.405 e. The summed E-state index contributed by atoms with van der Waals surface area (Å²) in [5.41, 5.74) is 3.84. The largest absolute Gasteiger partial charge is 0.438 e. The van der Waals surface area contributed by atoms with Crippen LogP contribution < -0.4 is 5.73 Å². The molecule has 0 aromatic rings. The molecule has 0 fully saturated rings. The van der Waals surface area contributed by atoms with Crippen molar-refractivity contribution < 1.29 is 13.7 Å². The van der Waals surface area contributed by atoms with Gasteiger partial charge in [-0.2, -0.15) is 0 Å². The van der Waals surface area contributed by atoms with E-state index in [1.54, 1.807) is 13.8 Å². The maximum absolute atomic E-state index is 10.2. The number of hydrogen-bond acceptors (Lipinski definition) is 3. The van der Waals surface area contributed by atoms with Gasteiger partial charge in [-0.1, -0.05) is 0 Å². The van der Waals surface area contributed by atoms with E-state index >= 15 is 0 Å². The summed E-state index contributed by atoms with van der Waals surface area (Å²) in [4.78, 5) is 10.2. The summed E-state index contributed by atoms with van der Waals surface area (Å²) in [6.07, 6.45) is -0.879. The Kier molecular flexibility index (Phi) is 3.08. The summed E-state index contributed by atoms with van der Waals surface area (Å²) in [7, 11) is 0. The molecule has 5 heteroatoms. The Morgan fingerprint density at radius 3 is 2.50 bits per heavy atom. The second-order valence-electron chi connectivity index (χ2n) is 2.24. The van der Waals surface area contributed by atoms with E-state index < -0.39 is 11.7 Å². The predicted molar refractivity (Wildman–Crippen MR) is 39.0 cm³/mol. The maximum atomic E-state index is 10.2. The smallest absolute Gasteiger partial charge is 0.405 e. The molecule has 0 aliphatic carbocycles. The number of primary amides is 1. The summed E-state index contributed by atoms with van der Waals surface area (Å²) in [5.74, 6) is 0. The van der Waals surface area contributed by atoms with Crippen molar-refractivity contribution in [2.45, 2.75) is 19.4 Å². The summed E-state index contributed by atoms with van der Waals surface area (Å²) >= 11 is 0.243. The van der Waals surface area contributed by atoms with Crippen LogP contribution in [0.25, 0.3) is 0 Å². The molecule has 2 N–H and O–H groups in total. The van der Waals surface area contributed by atoms with Crippen LogP contribution in [0, 0.1) is 0 Å². The van der Waals surface area contributed by atoms with Gasteiger partial charge >= 0.3 is 6.09 Å². The van der Waals surface area contributed by atoms with E-state index in [-0.39, 0.29) is 11.3 Å². The molecule has 0 unspecified atom stereocenters. The first kappa shape index (κ1) is 9.16. The van der Waals surface area contributed by atoms with Gasteiger partial charge in [0.15, 0.2) is 0 Å². The number of nitrogens with two attached hydrogens (primary N) is 1. The molecular weight excluding hydrogens is 154 g/mol. The monoisotopic (exact) mass is 163 g/mol. The fourth-order valence-electron chi connectivity index (χ4n) is 0.399. The second kappa shape index (κ2) is 3.36. The molecular formula is C5H9NO3S. The van der Waals surface area contributed by atoms with E-state index in [4.69, 9.17) is 5.73 Å². The fourth-order valence-corrected chi connectivity index (χ4v) is 0.679. The van der Waals surface area contributed by atoms with Crippen molar-refractivity contribution in [3.63, 3.8) is 0 Å². The molecule has 0 aliphatic heterocycles. The van der Waals surface area contributed by atoms with Crippen LogP contribution in [0.3, 0.4) is 0 Å².